The van der Waals surface area contributed by atoms with Crippen molar-refractivity contribution in [1.82, 2.24) is 20.2 Å². The molecule has 1 aliphatic carbocycles. The predicted octanol–water partition coefficient (Wildman–Crippen LogP) is 0.986. The highest BCUT2D eigenvalue weighted by Crippen LogP contribution is 2.28. The van der Waals surface area contributed by atoms with Crippen LogP contribution in [0, 0.1) is 5.92 Å². The summed E-state index contributed by atoms with van der Waals surface area (Å²) in [6, 6.07) is -0.0294. The molecule has 3 N–H and O–H groups in total. The first-order valence-corrected chi connectivity index (χ1v) is 8.22. The van der Waals surface area contributed by atoms with Gasteiger partial charge in [0.2, 0.25) is 0 Å². The number of nitrogens with one attached hydrogen (secondary N) is 3. The number of hydrogen-bond donors (Lipinski definition) is 3. The zero-order valence-corrected chi connectivity index (χ0v) is 12.3. The average Bonchev–Trinajstić information content (AvgIpc) is 2.99. The molecule has 108 valence electrons. The third-order valence-corrected chi connectivity index (χ3v) is 5.34. The second-order valence-corrected chi connectivity index (χ2v) is 6.86. The van der Waals surface area contributed by atoms with Gasteiger partial charge >= 0.3 is 0 Å². The summed E-state index contributed by atoms with van der Waals surface area (Å²) in [7, 11) is -1.74. The lowest BCUT2D eigenvalue weighted by Crippen LogP contribution is -2.37. The number of nitrogens with zero attached hydrogens (tertiary/aromatic N) is 1. The van der Waals surface area contributed by atoms with Crippen LogP contribution in [0.2, 0.25) is 0 Å². The van der Waals surface area contributed by atoms with Crippen LogP contribution in [0.4, 0.5) is 0 Å². The fourth-order valence-corrected chi connectivity index (χ4v) is 4.15. The van der Waals surface area contributed by atoms with Crippen LogP contribution in [-0.4, -0.2) is 31.7 Å². The summed E-state index contributed by atoms with van der Waals surface area (Å²) >= 11 is 0. The molecule has 1 atom stereocenters. The Bertz CT molecular complexity index is 506. The molecule has 0 spiro atoms. The van der Waals surface area contributed by atoms with Crippen molar-refractivity contribution in [1.29, 1.82) is 0 Å². The molecule has 1 aliphatic rings. The monoisotopic (exact) mass is 286 g/mol. The molecule has 6 nitrogen and oxygen atoms in total. The van der Waals surface area contributed by atoms with Crippen molar-refractivity contribution in [3.05, 3.63) is 11.8 Å². The Labute approximate surface area is 114 Å². The minimum atomic E-state index is -3.51. The van der Waals surface area contributed by atoms with E-state index in [9.17, 15) is 8.42 Å². The van der Waals surface area contributed by atoms with E-state index in [0.717, 1.165) is 12.8 Å². The Morgan fingerprint density at radius 1 is 1.47 bits per heavy atom. The molecular formula is C12H22N4O2S. The van der Waals surface area contributed by atoms with E-state index in [-0.39, 0.29) is 11.1 Å². The van der Waals surface area contributed by atoms with E-state index in [2.05, 4.69) is 20.2 Å². The summed E-state index contributed by atoms with van der Waals surface area (Å²) in [6.45, 7) is 2.42. The van der Waals surface area contributed by atoms with Crippen LogP contribution in [0.5, 0.6) is 0 Å². The number of sulfonamides is 1. The Morgan fingerprint density at radius 3 is 2.79 bits per heavy atom. The highest BCUT2D eigenvalue weighted by molar-refractivity contribution is 7.89. The van der Waals surface area contributed by atoms with Crippen molar-refractivity contribution in [2.24, 2.45) is 5.92 Å². The van der Waals surface area contributed by atoms with E-state index in [4.69, 9.17) is 0 Å². The molecule has 19 heavy (non-hydrogen) atoms. The molecule has 0 aromatic carbocycles. The molecule has 7 heteroatoms. The molecule has 1 fully saturated rings. The van der Waals surface area contributed by atoms with Gasteiger partial charge in [0.1, 0.15) is 0 Å². The standard InChI is InChI=1S/C12H22N4O2S/c1-9(10-5-3-4-6-10)16-19(17,18)12-11(7-13-2)8-14-15-12/h8-10,13,16H,3-7H2,1-2H3,(H,14,15). The van der Waals surface area contributed by atoms with Crippen molar-refractivity contribution >= 4 is 10.0 Å². The molecule has 1 saturated carbocycles. The Balaban J connectivity index is 2.10. The van der Waals surface area contributed by atoms with Crippen LogP contribution in [-0.2, 0) is 16.6 Å². The molecule has 0 radical (unpaired) electrons. The SMILES string of the molecule is CNCc1cn[nH]c1S(=O)(=O)NC(C)C1CCCC1. The first-order chi connectivity index (χ1) is 9.04. The fourth-order valence-electron chi connectivity index (χ4n) is 2.71. The molecule has 0 aliphatic heterocycles. The predicted molar refractivity (Wildman–Crippen MR) is 73.1 cm³/mol. The molecular weight excluding hydrogens is 264 g/mol. The zero-order chi connectivity index (χ0) is 13.9. The van der Waals surface area contributed by atoms with Crippen LogP contribution >= 0.6 is 0 Å². The summed E-state index contributed by atoms with van der Waals surface area (Å²) in [5, 5.41) is 9.53. The van der Waals surface area contributed by atoms with Gasteiger partial charge < -0.3 is 5.32 Å². The van der Waals surface area contributed by atoms with Crippen LogP contribution in [0.25, 0.3) is 0 Å². The van der Waals surface area contributed by atoms with Gasteiger partial charge in [-0.3, -0.25) is 5.10 Å². The minimum absolute atomic E-state index is 0.0294. The lowest BCUT2D eigenvalue weighted by molar-refractivity contribution is 0.423. The second-order valence-electron chi connectivity index (χ2n) is 5.21. The topological polar surface area (TPSA) is 86.9 Å². The summed E-state index contributed by atoms with van der Waals surface area (Å²) in [4.78, 5) is 0. The molecule has 0 bridgehead atoms. The molecule has 1 aromatic heterocycles. The maximum absolute atomic E-state index is 12.3. The van der Waals surface area contributed by atoms with Gasteiger partial charge in [0.05, 0.1) is 6.20 Å². The molecule has 1 heterocycles. The smallest absolute Gasteiger partial charge is 0.258 e. The number of H-pyrrole nitrogens is 1. The number of hydrogen-bond acceptors (Lipinski definition) is 4. The van der Waals surface area contributed by atoms with Crippen molar-refractivity contribution in [3.63, 3.8) is 0 Å². The van der Waals surface area contributed by atoms with E-state index in [0.29, 0.717) is 18.0 Å². The second kappa shape index (κ2) is 6.02. The van der Waals surface area contributed by atoms with Gasteiger partial charge in [-0.25, -0.2) is 13.1 Å². The summed E-state index contributed by atoms with van der Waals surface area (Å²) in [6.07, 6.45) is 6.16. The van der Waals surface area contributed by atoms with Crippen LogP contribution < -0.4 is 10.0 Å². The van der Waals surface area contributed by atoms with Gasteiger partial charge in [-0.05, 0) is 32.7 Å². The van der Waals surface area contributed by atoms with Gasteiger partial charge in [-0.2, -0.15) is 5.10 Å². The Hall–Kier alpha value is -0.920. The minimum Gasteiger partial charge on any atom is -0.316 e. The zero-order valence-electron chi connectivity index (χ0n) is 11.4. The Kier molecular flexibility index (Phi) is 4.59. The quantitative estimate of drug-likeness (QED) is 0.727. The normalized spacial score (nSPS) is 18.8. The van der Waals surface area contributed by atoms with E-state index < -0.39 is 10.0 Å². The highest BCUT2D eigenvalue weighted by Gasteiger charge is 2.28. The van der Waals surface area contributed by atoms with Crippen LogP contribution in [0.15, 0.2) is 11.2 Å². The molecule has 0 saturated heterocycles. The molecule has 0 amide bonds. The molecule has 1 aromatic rings. The van der Waals surface area contributed by atoms with Crippen molar-refractivity contribution in [2.45, 2.75) is 50.2 Å². The third kappa shape index (κ3) is 3.34. The maximum Gasteiger partial charge on any atom is 0.258 e. The first kappa shape index (κ1) is 14.5. The van der Waals surface area contributed by atoms with Crippen LogP contribution in [0.3, 0.4) is 0 Å². The maximum atomic E-state index is 12.3. The van der Waals surface area contributed by atoms with Gasteiger partial charge in [-0.1, -0.05) is 12.8 Å². The Morgan fingerprint density at radius 2 is 2.16 bits per heavy atom. The summed E-state index contributed by atoms with van der Waals surface area (Å²) < 4.78 is 27.5. The van der Waals surface area contributed by atoms with E-state index >= 15 is 0 Å². The van der Waals surface area contributed by atoms with Gasteiger partial charge in [-0.15, -0.1) is 0 Å². The average molecular weight is 286 g/mol. The molecule has 2 rings (SSSR count). The van der Waals surface area contributed by atoms with Gasteiger partial charge in [0.25, 0.3) is 10.0 Å². The van der Waals surface area contributed by atoms with Gasteiger partial charge in [0, 0.05) is 18.2 Å². The number of aromatic amines is 1. The third-order valence-electron chi connectivity index (χ3n) is 3.76. The fraction of sp³-hybridized carbons (Fsp3) is 0.750. The van der Waals surface area contributed by atoms with Gasteiger partial charge in [0.15, 0.2) is 5.03 Å². The molecule has 1 unspecified atom stereocenters. The van der Waals surface area contributed by atoms with E-state index in [1.54, 1.807) is 13.2 Å². The largest absolute Gasteiger partial charge is 0.316 e. The lowest BCUT2D eigenvalue weighted by Gasteiger charge is -2.20. The summed E-state index contributed by atoms with van der Waals surface area (Å²) in [5.74, 6) is 0.449. The van der Waals surface area contributed by atoms with E-state index in [1.807, 2.05) is 6.92 Å². The van der Waals surface area contributed by atoms with Crippen LogP contribution in [0.1, 0.15) is 38.2 Å². The first-order valence-electron chi connectivity index (χ1n) is 6.74. The number of aromatic nitrogens is 2. The number of rotatable bonds is 6. The highest BCUT2D eigenvalue weighted by atomic mass is 32.2. The summed E-state index contributed by atoms with van der Waals surface area (Å²) in [5.41, 5.74) is 0.661. The van der Waals surface area contributed by atoms with E-state index in [1.165, 1.54) is 12.8 Å². The lowest BCUT2D eigenvalue weighted by atomic mass is 10.0. The van der Waals surface area contributed by atoms with Crippen molar-refractivity contribution in [2.75, 3.05) is 7.05 Å². The van der Waals surface area contributed by atoms with Crippen molar-refractivity contribution < 1.29 is 8.42 Å². The van der Waals surface area contributed by atoms with Crippen molar-refractivity contribution in [3.8, 4) is 0 Å².